The van der Waals surface area contributed by atoms with Crippen molar-refractivity contribution in [2.45, 2.75) is 25.5 Å². The number of rotatable bonds is 4. The van der Waals surface area contributed by atoms with Crippen LogP contribution in [0.25, 0.3) is 0 Å². The first kappa shape index (κ1) is 17.8. The smallest absolute Gasteiger partial charge is 0.410 e. The summed E-state index contributed by atoms with van der Waals surface area (Å²) < 4.78 is 5.34. The third-order valence-electron chi connectivity index (χ3n) is 4.44. The van der Waals surface area contributed by atoms with Crippen LogP contribution in [0.4, 0.5) is 4.79 Å². The Balaban J connectivity index is 1.44. The zero-order valence-electron chi connectivity index (χ0n) is 14.4. The van der Waals surface area contributed by atoms with Gasteiger partial charge in [0.15, 0.2) is 0 Å². The van der Waals surface area contributed by atoms with Crippen LogP contribution < -0.4 is 5.32 Å². The lowest BCUT2D eigenvalue weighted by Crippen LogP contribution is -2.46. The Bertz CT molecular complexity index is 755. The average molecular weight is 354 g/mol. The molecule has 6 nitrogen and oxygen atoms in total. The fourth-order valence-corrected chi connectivity index (χ4v) is 2.95. The highest BCUT2D eigenvalue weighted by molar-refractivity contribution is 5.96. The van der Waals surface area contributed by atoms with E-state index in [-0.39, 0.29) is 36.0 Å². The normalized spacial score (nSPS) is 14.7. The molecule has 0 aliphatic carbocycles. The first-order valence-electron chi connectivity index (χ1n) is 8.68. The van der Waals surface area contributed by atoms with Gasteiger partial charge in [-0.2, -0.15) is 0 Å². The second-order valence-electron chi connectivity index (χ2n) is 6.29. The summed E-state index contributed by atoms with van der Waals surface area (Å²) in [6, 6.07) is 16.0. The monoisotopic (exact) mass is 354 g/mol. The topological polar surface area (TPSA) is 78.9 Å². The van der Waals surface area contributed by atoms with Gasteiger partial charge in [0.25, 0.3) is 5.91 Å². The number of phenolic OH excluding ortho intramolecular Hbond substituents is 1. The van der Waals surface area contributed by atoms with Gasteiger partial charge in [-0.15, -0.1) is 0 Å². The number of phenols is 1. The number of nitrogens with one attached hydrogen (secondary N) is 1. The zero-order valence-corrected chi connectivity index (χ0v) is 14.4. The highest BCUT2D eigenvalue weighted by Crippen LogP contribution is 2.17. The molecule has 0 aromatic heterocycles. The number of benzene rings is 2. The lowest BCUT2D eigenvalue weighted by atomic mass is 10.0. The van der Waals surface area contributed by atoms with Crippen LogP contribution in [-0.2, 0) is 11.3 Å². The van der Waals surface area contributed by atoms with Gasteiger partial charge in [-0.1, -0.05) is 42.5 Å². The molecule has 2 aromatic rings. The van der Waals surface area contributed by atoms with Crippen LogP contribution >= 0.6 is 0 Å². The van der Waals surface area contributed by atoms with E-state index in [1.807, 2.05) is 30.3 Å². The average Bonchev–Trinajstić information content (AvgIpc) is 2.68. The molecule has 1 fully saturated rings. The summed E-state index contributed by atoms with van der Waals surface area (Å²) in [5.74, 6) is -0.333. The number of para-hydroxylation sites is 1. The molecule has 6 heteroatoms. The Hall–Kier alpha value is -3.02. The minimum Gasteiger partial charge on any atom is -0.507 e. The molecule has 0 atom stereocenters. The van der Waals surface area contributed by atoms with Crippen LogP contribution in [0.2, 0.25) is 0 Å². The van der Waals surface area contributed by atoms with Crippen molar-refractivity contribution in [3.8, 4) is 5.75 Å². The van der Waals surface area contributed by atoms with E-state index in [1.165, 1.54) is 6.07 Å². The van der Waals surface area contributed by atoms with E-state index in [9.17, 15) is 14.7 Å². The summed E-state index contributed by atoms with van der Waals surface area (Å²) in [6.07, 6.45) is 0.971. The Morgan fingerprint density at radius 1 is 1.04 bits per heavy atom. The summed E-state index contributed by atoms with van der Waals surface area (Å²) in [5.41, 5.74) is 1.21. The van der Waals surface area contributed by atoms with Gasteiger partial charge in [0.1, 0.15) is 12.4 Å². The lowest BCUT2D eigenvalue weighted by molar-refractivity contribution is 0.0808. The Kier molecular flexibility index (Phi) is 5.73. The van der Waals surface area contributed by atoms with Crippen molar-refractivity contribution in [3.05, 3.63) is 65.7 Å². The van der Waals surface area contributed by atoms with Gasteiger partial charge in [-0.05, 0) is 30.5 Å². The number of ether oxygens (including phenoxy) is 1. The predicted octanol–water partition coefficient (Wildman–Crippen LogP) is 2.92. The standard InChI is InChI=1S/C20H22N2O4/c23-18-9-5-4-8-17(18)19(24)21-16-10-12-22(13-11-16)20(25)26-14-15-6-2-1-3-7-15/h1-9,16,23H,10-14H2,(H,21,24). The lowest BCUT2D eigenvalue weighted by Gasteiger charge is -2.31. The molecular formula is C20H22N2O4. The molecular weight excluding hydrogens is 332 g/mol. The van der Waals surface area contributed by atoms with Gasteiger partial charge in [-0.25, -0.2) is 4.79 Å². The number of amides is 2. The second kappa shape index (κ2) is 8.38. The van der Waals surface area contributed by atoms with Gasteiger partial charge >= 0.3 is 6.09 Å². The van der Waals surface area contributed by atoms with Gasteiger partial charge < -0.3 is 20.1 Å². The largest absolute Gasteiger partial charge is 0.507 e. The maximum absolute atomic E-state index is 12.2. The molecule has 0 spiro atoms. The maximum atomic E-state index is 12.2. The number of aromatic hydroxyl groups is 1. The number of hydrogen-bond donors (Lipinski definition) is 2. The fourth-order valence-electron chi connectivity index (χ4n) is 2.95. The van der Waals surface area contributed by atoms with Crippen LogP contribution in [0, 0.1) is 0 Å². The van der Waals surface area contributed by atoms with Gasteiger partial charge in [-0.3, -0.25) is 4.79 Å². The number of nitrogens with zero attached hydrogens (tertiary/aromatic N) is 1. The predicted molar refractivity (Wildman–Crippen MR) is 96.8 cm³/mol. The molecule has 2 N–H and O–H groups in total. The van der Waals surface area contributed by atoms with Crippen molar-refractivity contribution in [2.24, 2.45) is 0 Å². The van der Waals surface area contributed by atoms with Crippen LogP contribution in [0.1, 0.15) is 28.8 Å². The minimum absolute atomic E-state index is 0.0275. The van der Waals surface area contributed by atoms with Gasteiger partial charge in [0, 0.05) is 19.1 Å². The summed E-state index contributed by atoms with van der Waals surface area (Å²) >= 11 is 0. The van der Waals surface area contributed by atoms with Crippen molar-refractivity contribution in [2.75, 3.05) is 13.1 Å². The van der Waals surface area contributed by atoms with E-state index in [2.05, 4.69) is 5.32 Å². The van der Waals surface area contributed by atoms with Crippen LogP contribution in [-0.4, -0.2) is 41.1 Å². The van der Waals surface area contributed by atoms with Crippen molar-refractivity contribution >= 4 is 12.0 Å². The molecule has 3 rings (SSSR count). The van der Waals surface area contributed by atoms with Crippen molar-refractivity contribution < 1.29 is 19.4 Å². The van der Waals surface area contributed by atoms with Crippen LogP contribution in [0.5, 0.6) is 5.75 Å². The van der Waals surface area contributed by atoms with E-state index in [0.717, 1.165) is 5.56 Å². The van der Waals surface area contributed by atoms with E-state index in [1.54, 1.807) is 23.1 Å². The molecule has 1 aliphatic rings. The van der Waals surface area contributed by atoms with E-state index in [4.69, 9.17) is 4.74 Å². The summed E-state index contributed by atoms with van der Waals surface area (Å²) in [6.45, 7) is 1.31. The number of hydrogen-bond acceptors (Lipinski definition) is 4. The first-order valence-corrected chi connectivity index (χ1v) is 8.68. The molecule has 0 saturated carbocycles. The third kappa shape index (κ3) is 4.53. The quantitative estimate of drug-likeness (QED) is 0.885. The number of likely N-dealkylation sites (tertiary alicyclic amines) is 1. The Morgan fingerprint density at radius 3 is 2.38 bits per heavy atom. The second-order valence-corrected chi connectivity index (χ2v) is 6.29. The third-order valence-corrected chi connectivity index (χ3v) is 4.44. The molecule has 1 saturated heterocycles. The fraction of sp³-hybridized carbons (Fsp3) is 0.300. The molecule has 0 bridgehead atoms. The molecule has 2 aromatic carbocycles. The number of carbonyl (C=O) groups excluding carboxylic acids is 2. The highest BCUT2D eigenvalue weighted by atomic mass is 16.6. The summed E-state index contributed by atoms with van der Waals surface area (Å²) in [4.78, 5) is 26.0. The van der Waals surface area contributed by atoms with Crippen molar-refractivity contribution in [1.82, 2.24) is 10.2 Å². The summed E-state index contributed by atoms with van der Waals surface area (Å²) in [5, 5.41) is 12.7. The van der Waals surface area contributed by atoms with Crippen LogP contribution in [0.15, 0.2) is 54.6 Å². The highest BCUT2D eigenvalue weighted by Gasteiger charge is 2.25. The van der Waals surface area contributed by atoms with E-state index in [0.29, 0.717) is 25.9 Å². The maximum Gasteiger partial charge on any atom is 0.410 e. The molecule has 0 radical (unpaired) electrons. The van der Waals surface area contributed by atoms with Gasteiger partial charge in [0.2, 0.25) is 0 Å². The molecule has 136 valence electrons. The van der Waals surface area contributed by atoms with E-state index < -0.39 is 0 Å². The van der Waals surface area contributed by atoms with Crippen LogP contribution in [0.3, 0.4) is 0 Å². The molecule has 0 unspecified atom stereocenters. The van der Waals surface area contributed by atoms with Crippen molar-refractivity contribution in [1.29, 1.82) is 0 Å². The minimum atomic E-state index is -0.334. The molecule has 2 amide bonds. The number of carbonyl (C=O) groups is 2. The van der Waals surface area contributed by atoms with Gasteiger partial charge in [0.05, 0.1) is 5.56 Å². The molecule has 1 heterocycles. The molecule has 1 aliphatic heterocycles. The zero-order chi connectivity index (χ0) is 18.4. The first-order chi connectivity index (χ1) is 12.6. The summed E-state index contributed by atoms with van der Waals surface area (Å²) in [7, 11) is 0. The van der Waals surface area contributed by atoms with E-state index >= 15 is 0 Å². The Morgan fingerprint density at radius 2 is 1.69 bits per heavy atom. The van der Waals surface area contributed by atoms with Crippen molar-refractivity contribution in [3.63, 3.8) is 0 Å². The molecule has 26 heavy (non-hydrogen) atoms. The SMILES string of the molecule is O=C(NC1CCN(C(=O)OCc2ccccc2)CC1)c1ccccc1O. The Labute approximate surface area is 152 Å². The number of piperidine rings is 1.